The first-order valence-electron chi connectivity index (χ1n) is 4.75. The average molecular weight is 264 g/mol. The number of rotatable bonds is 3. The Labute approximate surface area is 106 Å². The lowest BCUT2D eigenvalue weighted by Crippen LogP contribution is -1.97. The number of carboxylic acid groups (broad SMARTS) is 1. The van der Waals surface area contributed by atoms with E-state index in [-0.39, 0.29) is 11.7 Å². The Morgan fingerprint density at radius 2 is 2.33 bits per heavy atom. The van der Waals surface area contributed by atoms with Gasteiger partial charge in [-0.1, -0.05) is 11.6 Å². The molecule has 1 aromatic carbocycles. The zero-order chi connectivity index (χ0) is 13.1. The minimum Gasteiger partial charge on any atom is -0.476 e. The molecule has 6 nitrogen and oxygen atoms in total. The van der Waals surface area contributed by atoms with Crippen molar-refractivity contribution in [3.63, 3.8) is 0 Å². The van der Waals surface area contributed by atoms with E-state index in [2.05, 4.69) is 10.3 Å². The summed E-state index contributed by atoms with van der Waals surface area (Å²) in [6, 6.07) is 6.56. The molecule has 2 N–H and O–H groups in total. The van der Waals surface area contributed by atoms with Gasteiger partial charge in [-0.05, 0) is 18.2 Å². The van der Waals surface area contributed by atoms with E-state index in [1.807, 2.05) is 6.07 Å². The molecule has 0 bridgehead atoms. The highest BCUT2D eigenvalue weighted by Gasteiger charge is 2.11. The Hall–Kier alpha value is -2.52. The fraction of sp³-hybridized carbons (Fsp3) is 0. The molecule has 0 spiro atoms. The number of halogens is 1. The van der Waals surface area contributed by atoms with E-state index in [1.165, 1.54) is 6.07 Å². The maximum atomic E-state index is 10.6. The predicted octanol–water partition coefficient (Wildman–Crippen LogP) is 2.64. The molecule has 18 heavy (non-hydrogen) atoms. The molecule has 2 aromatic rings. The summed E-state index contributed by atoms with van der Waals surface area (Å²) < 4.78 is 4.91. The second-order valence-electron chi connectivity index (χ2n) is 3.27. The first-order chi connectivity index (χ1) is 8.60. The van der Waals surface area contributed by atoms with Crippen LogP contribution < -0.4 is 5.32 Å². The van der Waals surface area contributed by atoms with Crippen LogP contribution in [-0.4, -0.2) is 16.1 Å². The van der Waals surface area contributed by atoms with Crippen LogP contribution in [0.1, 0.15) is 16.1 Å². The minimum atomic E-state index is -1.19. The summed E-state index contributed by atoms with van der Waals surface area (Å²) in [7, 11) is 0. The van der Waals surface area contributed by atoms with Gasteiger partial charge >= 0.3 is 5.97 Å². The third-order valence-corrected chi connectivity index (χ3v) is 2.39. The van der Waals surface area contributed by atoms with Crippen molar-refractivity contribution in [2.24, 2.45) is 0 Å². The Kier molecular flexibility index (Phi) is 3.17. The maximum Gasteiger partial charge on any atom is 0.357 e. The molecule has 0 aliphatic rings. The van der Waals surface area contributed by atoms with Crippen molar-refractivity contribution >= 4 is 29.3 Å². The third-order valence-electron chi connectivity index (χ3n) is 2.06. The van der Waals surface area contributed by atoms with E-state index >= 15 is 0 Å². The lowest BCUT2D eigenvalue weighted by atomic mass is 10.2. The average Bonchev–Trinajstić information content (AvgIpc) is 2.81. The zero-order valence-electron chi connectivity index (χ0n) is 8.85. The van der Waals surface area contributed by atoms with Crippen LogP contribution in [0, 0.1) is 11.3 Å². The lowest BCUT2D eigenvalue weighted by molar-refractivity contribution is 0.0690. The predicted molar refractivity (Wildman–Crippen MR) is 62.9 cm³/mol. The van der Waals surface area contributed by atoms with Gasteiger partial charge in [0.1, 0.15) is 6.26 Å². The number of nitrogens with one attached hydrogen (secondary N) is 1. The molecule has 0 unspecified atom stereocenters. The maximum absolute atomic E-state index is 10.6. The van der Waals surface area contributed by atoms with Gasteiger partial charge in [0.2, 0.25) is 0 Å². The van der Waals surface area contributed by atoms with E-state index < -0.39 is 5.97 Å². The van der Waals surface area contributed by atoms with Gasteiger partial charge in [-0.2, -0.15) is 10.2 Å². The highest BCUT2D eigenvalue weighted by molar-refractivity contribution is 6.33. The molecule has 0 aliphatic carbocycles. The monoisotopic (exact) mass is 263 g/mol. The van der Waals surface area contributed by atoms with Gasteiger partial charge < -0.3 is 14.8 Å². The smallest absolute Gasteiger partial charge is 0.357 e. The van der Waals surface area contributed by atoms with Gasteiger partial charge in [-0.15, -0.1) is 0 Å². The summed E-state index contributed by atoms with van der Waals surface area (Å²) in [6.07, 6.45) is 1.01. The molecule has 0 fully saturated rings. The fourth-order valence-corrected chi connectivity index (χ4v) is 1.40. The highest BCUT2D eigenvalue weighted by atomic mass is 35.5. The van der Waals surface area contributed by atoms with E-state index in [4.69, 9.17) is 26.4 Å². The standard InChI is InChI=1S/C11H6ClN3O3/c12-7-2-1-6(4-13)3-8(7)14-11-15-9(5-18-11)10(16)17/h1-3,5H,(H,14,15)(H,16,17). The van der Waals surface area contributed by atoms with Gasteiger partial charge in [-0.3, -0.25) is 0 Å². The number of hydrogen-bond donors (Lipinski definition) is 2. The summed E-state index contributed by atoms with van der Waals surface area (Å²) in [4.78, 5) is 14.3. The van der Waals surface area contributed by atoms with Crippen LogP contribution in [0.4, 0.5) is 11.7 Å². The van der Waals surface area contributed by atoms with Crippen molar-refractivity contribution in [2.75, 3.05) is 5.32 Å². The number of oxazole rings is 1. The Morgan fingerprint density at radius 1 is 1.56 bits per heavy atom. The van der Waals surface area contributed by atoms with Gasteiger partial charge in [-0.25, -0.2) is 4.79 Å². The Bertz CT molecular complexity index is 645. The fourth-order valence-electron chi connectivity index (χ4n) is 1.24. The van der Waals surface area contributed by atoms with Gasteiger partial charge in [0.15, 0.2) is 5.69 Å². The minimum absolute atomic E-state index is 0.00982. The number of hydrogen-bond acceptors (Lipinski definition) is 5. The SMILES string of the molecule is N#Cc1ccc(Cl)c(Nc2nc(C(=O)O)co2)c1. The molecule has 2 rings (SSSR count). The Morgan fingerprint density at radius 3 is 2.94 bits per heavy atom. The number of aromatic carboxylic acids is 1. The van der Waals surface area contributed by atoms with Crippen molar-refractivity contribution in [2.45, 2.75) is 0 Å². The lowest BCUT2D eigenvalue weighted by Gasteiger charge is -2.04. The zero-order valence-corrected chi connectivity index (χ0v) is 9.60. The van der Waals surface area contributed by atoms with Crippen LogP contribution in [0.5, 0.6) is 0 Å². The van der Waals surface area contributed by atoms with E-state index in [9.17, 15) is 4.79 Å². The normalized spacial score (nSPS) is 9.78. The molecule has 1 aromatic heterocycles. The third kappa shape index (κ3) is 2.42. The van der Waals surface area contributed by atoms with Crippen molar-refractivity contribution in [3.05, 3.63) is 40.7 Å². The molecule has 0 aliphatic heterocycles. The van der Waals surface area contributed by atoms with Crippen LogP contribution in [0.15, 0.2) is 28.9 Å². The van der Waals surface area contributed by atoms with E-state index in [1.54, 1.807) is 12.1 Å². The van der Waals surface area contributed by atoms with E-state index in [0.29, 0.717) is 16.3 Å². The second kappa shape index (κ2) is 4.77. The molecule has 0 amide bonds. The van der Waals surface area contributed by atoms with Crippen molar-refractivity contribution in [1.82, 2.24) is 4.98 Å². The highest BCUT2D eigenvalue weighted by Crippen LogP contribution is 2.26. The van der Waals surface area contributed by atoms with Crippen LogP contribution in [0.2, 0.25) is 5.02 Å². The molecular formula is C11H6ClN3O3. The van der Waals surface area contributed by atoms with Gasteiger partial charge in [0.05, 0.1) is 22.3 Å². The van der Waals surface area contributed by atoms with Crippen molar-refractivity contribution in [1.29, 1.82) is 5.26 Å². The number of nitrogens with zero attached hydrogens (tertiary/aromatic N) is 2. The molecule has 0 atom stereocenters. The number of aromatic nitrogens is 1. The van der Waals surface area contributed by atoms with Crippen LogP contribution in [0.3, 0.4) is 0 Å². The number of anilines is 2. The summed E-state index contributed by atoms with van der Waals surface area (Å²) in [6.45, 7) is 0. The summed E-state index contributed by atoms with van der Waals surface area (Å²) in [5, 5.41) is 20.5. The number of carboxylic acids is 1. The van der Waals surface area contributed by atoms with Crippen LogP contribution in [-0.2, 0) is 0 Å². The molecule has 0 radical (unpaired) electrons. The Balaban J connectivity index is 2.28. The topological polar surface area (TPSA) is 99.2 Å². The summed E-state index contributed by atoms with van der Waals surface area (Å²) in [5.74, 6) is -1.19. The number of benzene rings is 1. The van der Waals surface area contributed by atoms with Crippen LogP contribution in [0.25, 0.3) is 0 Å². The first-order valence-corrected chi connectivity index (χ1v) is 5.13. The van der Waals surface area contributed by atoms with Crippen molar-refractivity contribution < 1.29 is 14.3 Å². The number of carbonyl (C=O) groups is 1. The molecular weight excluding hydrogens is 258 g/mol. The summed E-state index contributed by atoms with van der Waals surface area (Å²) in [5.41, 5.74) is 0.603. The first kappa shape index (κ1) is 12.0. The molecule has 7 heteroatoms. The second-order valence-corrected chi connectivity index (χ2v) is 3.68. The quantitative estimate of drug-likeness (QED) is 0.883. The largest absolute Gasteiger partial charge is 0.476 e. The van der Waals surface area contributed by atoms with Crippen LogP contribution >= 0.6 is 11.6 Å². The van der Waals surface area contributed by atoms with E-state index in [0.717, 1.165) is 6.26 Å². The van der Waals surface area contributed by atoms with Gasteiger partial charge in [0, 0.05) is 0 Å². The summed E-state index contributed by atoms with van der Waals surface area (Å²) >= 11 is 5.91. The molecule has 0 saturated heterocycles. The van der Waals surface area contributed by atoms with Gasteiger partial charge in [0.25, 0.3) is 6.01 Å². The molecule has 1 heterocycles. The number of nitriles is 1. The van der Waals surface area contributed by atoms with Crippen molar-refractivity contribution in [3.8, 4) is 6.07 Å². The molecule has 0 saturated carbocycles. The molecule has 90 valence electrons.